The van der Waals surface area contributed by atoms with Crippen LogP contribution >= 0.6 is 0 Å². The van der Waals surface area contributed by atoms with E-state index < -0.39 is 6.09 Å². The average molecular weight is 579 g/mol. The zero-order chi connectivity index (χ0) is 26.6. The van der Waals surface area contributed by atoms with E-state index in [4.69, 9.17) is 14.6 Å². The molecular weight excluding hydrogens is 547 g/mol. The third-order valence-electron chi connectivity index (χ3n) is 8.55. The van der Waals surface area contributed by atoms with E-state index in [-0.39, 0.29) is 36.6 Å². The van der Waals surface area contributed by atoms with Crippen molar-refractivity contribution in [3.8, 4) is 11.5 Å². The van der Waals surface area contributed by atoms with Crippen LogP contribution in [0, 0.1) is 17.8 Å². The Morgan fingerprint density at radius 2 is 2.05 bits per heavy atom. The first-order valence-electron chi connectivity index (χ1n) is 13.1. The van der Waals surface area contributed by atoms with Gasteiger partial charge in [-0.1, -0.05) is 0 Å². The Kier molecular flexibility index (Phi) is 6.60. The van der Waals surface area contributed by atoms with Crippen molar-refractivity contribution in [3.63, 3.8) is 0 Å². The molecule has 0 spiro atoms. The van der Waals surface area contributed by atoms with E-state index in [2.05, 4.69) is 50.0 Å². The van der Waals surface area contributed by atoms with Crippen molar-refractivity contribution < 1.29 is 24.2 Å². The Bertz CT molecular complexity index is 1300. The summed E-state index contributed by atoms with van der Waals surface area (Å²) >= 11 is 2.31. The Balaban J connectivity index is 1.36. The standard InChI is InChI=1S/C28H31AsN4O5/c1-15(2)25-23-20-4-3-9-32(20)26(17-6-7-18(12-30-28(35)36)19(11-17)31-29)24(23)27(34)33(25)13-16-5-8-21-22(10-16)38-14-37-21/h5-8,10-12,15,20,23-26,31H,3-4,9,13-14H2,1-2H3,(H,35,36). The topological polar surface area (TPSA) is 104 Å². The third kappa shape index (κ3) is 4.16. The molecule has 38 heavy (non-hydrogen) atoms. The monoisotopic (exact) mass is 578 g/mol. The van der Waals surface area contributed by atoms with Crippen LogP contribution in [0.15, 0.2) is 41.4 Å². The van der Waals surface area contributed by atoms with Crippen LogP contribution in [-0.4, -0.2) is 75.6 Å². The van der Waals surface area contributed by atoms with Gasteiger partial charge in [-0.05, 0) is 0 Å². The number of hydrogen-bond donors (Lipinski definition) is 2. The molecular formula is C28H31AsN4O5. The van der Waals surface area contributed by atoms with Crippen molar-refractivity contribution >= 4 is 41.0 Å². The molecule has 5 unspecified atom stereocenters. The number of likely N-dealkylation sites (tertiary alicyclic amines) is 1. The number of nitrogens with zero attached hydrogens (tertiary/aromatic N) is 3. The van der Waals surface area contributed by atoms with Crippen molar-refractivity contribution in [2.75, 3.05) is 17.6 Å². The van der Waals surface area contributed by atoms with Gasteiger partial charge in [-0.3, -0.25) is 0 Å². The Morgan fingerprint density at radius 3 is 2.82 bits per heavy atom. The number of benzene rings is 2. The van der Waals surface area contributed by atoms with Gasteiger partial charge in [0.1, 0.15) is 0 Å². The quantitative estimate of drug-likeness (QED) is 0.397. The maximum absolute atomic E-state index is 14.3. The van der Waals surface area contributed by atoms with E-state index in [1.165, 1.54) is 6.21 Å². The molecule has 9 nitrogen and oxygen atoms in total. The number of nitrogens with one attached hydrogen (secondary N) is 1. The molecule has 2 radical (unpaired) electrons. The van der Waals surface area contributed by atoms with E-state index in [1.807, 2.05) is 36.4 Å². The molecule has 6 rings (SSSR count). The summed E-state index contributed by atoms with van der Waals surface area (Å²) in [6.45, 7) is 6.22. The Morgan fingerprint density at radius 1 is 1.24 bits per heavy atom. The zero-order valence-corrected chi connectivity index (χ0v) is 23.3. The molecule has 0 bridgehead atoms. The molecule has 3 fully saturated rings. The van der Waals surface area contributed by atoms with Gasteiger partial charge in [0.25, 0.3) is 0 Å². The van der Waals surface area contributed by atoms with Crippen molar-refractivity contribution in [2.45, 2.75) is 51.4 Å². The van der Waals surface area contributed by atoms with Crippen molar-refractivity contribution in [1.29, 1.82) is 0 Å². The van der Waals surface area contributed by atoms with Crippen LogP contribution in [0.25, 0.3) is 0 Å². The van der Waals surface area contributed by atoms with Gasteiger partial charge in [-0.25, -0.2) is 0 Å². The van der Waals surface area contributed by atoms with Crippen LogP contribution in [0.4, 0.5) is 10.5 Å². The summed E-state index contributed by atoms with van der Waals surface area (Å²) in [4.78, 5) is 33.4. The van der Waals surface area contributed by atoms with Gasteiger partial charge in [-0.2, -0.15) is 0 Å². The SMILES string of the molecule is CC(C)C1C2C(C(=O)N1Cc1ccc3c(c1)OCO3)C(c1ccc(C=NC(=O)O)c(N[As])c1)N1CCCC21. The molecule has 2 N–H and O–H groups in total. The van der Waals surface area contributed by atoms with Gasteiger partial charge in [0.2, 0.25) is 6.79 Å². The summed E-state index contributed by atoms with van der Waals surface area (Å²) in [6, 6.07) is 12.4. The van der Waals surface area contributed by atoms with Crippen LogP contribution in [0.5, 0.6) is 11.5 Å². The Labute approximate surface area is 230 Å². The molecule has 3 saturated heterocycles. The van der Waals surface area contributed by atoms with Crippen LogP contribution < -0.4 is 13.7 Å². The summed E-state index contributed by atoms with van der Waals surface area (Å²) in [7, 11) is 0. The fourth-order valence-electron chi connectivity index (χ4n) is 7.23. The predicted octanol–water partition coefficient (Wildman–Crippen LogP) is 3.83. The number of hydrogen-bond acceptors (Lipinski definition) is 6. The third-order valence-corrected chi connectivity index (χ3v) is 9.05. The van der Waals surface area contributed by atoms with E-state index in [0.29, 0.717) is 24.1 Å². The number of rotatable bonds is 6. The fraction of sp³-hybridized carbons (Fsp3) is 0.464. The molecule has 4 heterocycles. The number of aliphatic imine (C=N–C) groups is 1. The second kappa shape index (κ2) is 9.93. The van der Waals surface area contributed by atoms with E-state index >= 15 is 0 Å². The maximum atomic E-state index is 14.3. The van der Waals surface area contributed by atoms with E-state index in [9.17, 15) is 9.59 Å². The van der Waals surface area contributed by atoms with Gasteiger partial charge in [0.15, 0.2) is 5.75 Å². The first kappa shape index (κ1) is 25.3. The number of carboxylic acid groups (broad SMARTS) is 1. The molecule has 0 aromatic heterocycles. The number of fused-ring (bicyclic) bond motifs is 4. The second-order valence-corrected chi connectivity index (χ2v) is 11.4. The molecule has 2 aromatic carbocycles. The molecule has 0 saturated carbocycles. The number of anilines is 1. The Hall–Kier alpha value is -3.03. The summed E-state index contributed by atoms with van der Waals surface area (Å²) in [5.41, 5.74) is 3.58. The van der Waals surface area contributed by atoms with E-state index in [1.54, 1.807) is 0 Å². The molecule has 2 amide bonds. The minimum atomic E-state index is -1.23. The number of ether oxygens (including phenoxy) is 2. The van der Waals surface area contributed by atoms with Gasteiger partial charge in [0, 0.05) is 0 Å². The average Bonchev–Trinajstić information content (AvgIpc) is 3.66. The molecule has 198 valence electrons. The van der Waals surface area contributed by atoms with Gasteiger partial charge in [0.05, 0.1) is 0 Å². The number of carbonyl (C=O) groups is 2. The van der Waals surface area contributed by atoms with Gasteiger partial charge in [-0.15, -0.1) is 0 Å². The summed E-state index contributed by atoms with van der Waals surface area (Å²) in [6.07, 6.45) is 2.35. The minimum absolute atomic E-state index is 0.0203. The van der Waals surface area contributed by atoms with Crippen molar-refractivity contribution in [1.82, 2.24) is 9.80 Å². The first-order valence-corrected chi connectivity index (χ1v) is 14.1. The predicted molar refractivity (Wildman–Crippen MR) is 143 cm³/mol. The zero-order valence-electron chi connectivity index (χ0n) is 21.4. The van der Waals surface area contributed by atoms with Crippen LogP contribution in [0.3, 0.4) is 0 Å². The molecule has 4 aliphatic rings. The summed E-state index contributed by atoms with van der Waals surface area (Å²) in [5.74, 6) is 2.15. The number of amides is 2. The molecule has 2 aromatic rings. The van der Waals surface area contributed by atoms with Crippen LogP contribution in [0.2, 0.25) is 0 Å². The van der Waals surface area contributed by atoms with Crippen LogP contribution in [-0.2, 0) is 11.3 Å². The van der Waals surface area contributed by atoms with Crippen molar-refractivity contribution in [3.05, 3.63) is 53.1 Å². The molecule has 0 aliphatic carbocycles. The summed E-state index contributed by atoms with van der Waals surface area (Å²) in [5, 5.41) is 8.96. The fourth-order valence-corrected chi connectivity index (χ4v) is 7.64. The summed E-state index contributed by atoms with van der Waals surface area (Å²) < 4.78 is 14.2. The molecule has 10 heteroatoms. The number of carbonyl (C=O) groups excluding carboxylic acids is 1. The first-order chi connectivity index (χ1) is 18.4. The van der Waals surface area contributed by atoms with Crippen LogP contribution in [0.1, 0.15) is 49.4 Å². The van der Waals surface area contributed by atoms with Crippen molar-refractivity contribution in [2.24, 2.45) is 22.7 Å². The van der Waals surface area contributed by atoms with Gasteiger partial charge < -0.3 is 9.47 Å². The second-order valence-electron chi connectivity index (χ2n) is 10.9. The molecule has 4 aliphatic heterocycles. The normalized spacial score (nSPS) is 27.9. The van der Waals surface area contributed by atoms with Gasteiger partial charge >= 0.3 is 209 Å². The molecule has 5 atom stereocenters. The van der Waals surface area contributed by atoms with E-state index in [0.717, 1.165) is 47.7 Å².